The molecule has 0 saturated carbocycles. The minimum absolute atomic E-state index is 0.118. The number of hydrogen-bond donors (Lipinski definition) is 0. The van der Waals surface area contributed by atoms with Gasteiger partial charge in [0.2, 0.25) is 0 Å². The molecule has 6 nitrogen and oxygen atoms in total. The lowest BCUT2D eigenvalue weighted by Crippen LogP contribution is -2.54. The topological polar surface area (TPSA) is 71.1 Å². The largest absolute Gasteiger partial charge is 0.493 e. The van der Waals surface area contributed by atoms with Crippen molar-refractivity contribution >= 4 is 11.9 Å². The van der Waals surface area contributed by atoms with E-state index in [-0.39, 0.29) is 12.8 Å². The van der Waals surface area contributed by atoms with Crippen molar-refractivity contribution in [3.05, 3.63) is 36.4 Å². The van der Waals surface area contributed by atoms with E-state index in [1.165, 1.54) is 34.1 Å². The van der Waals surface area contributed by atoms with E-state index in [0.717, 1.165) is 5.56 Å². The number of allylic oxidation sites excluding steroid dienone is 1. The summed E-state index contributed by atoms with van der Waals surface area (Å²) in [6, 6.07) is 5.22. The lowest BCUT2D eigenvalue weighted by molar-refractivity contribution is -0.250. The normalized spacial score (nSPS) is 18.3. The van der Waals surface area contributed by atoms with Gasteiger partial charge in [-0.1, -0.05) is 12.1 Å². The number of cyclic esters (lactones) is 2. The Morgan fingerprint density at radius 3 is 2.17 bits per heavy atom. The second-order valence-corrected chi connectivity index (χ2v) is 6.12. The highest BCUT2D eigenvalue weighted by Crippen LogP contribution is 2.39. The summed E-state index contributed by atoms with van der Waals surface area (Å²) in [6.45, 7) is 6.70. The maximum atomic E-state index is 12.6. The SMILES string of the molecule is C=CCC1(Cc2ccc(OC)c(OC)c2)C(=O)OC(C)(C)OC1=O. The van der Waals surface area contributed by atoms with Crippen LogP contribution in [0.3, 0.4) is 0 Å². The van der Waals surface area contributed by atoms with Crippen LogP contribution >= 0.6 is 0 Å². The minimum atomic E-state index is -1.45. The molecule has 1 aliphatic rings. The number of hydrogen-bond acceptors (Lipinski definition) is 6. The predicted octanol–water partition coefficient (Wildman–Crippen LogP) is 2.64. The molecule has 0 unspecified atom stereocenters. The quantitative estimate of drug-likeness (QED) is 0.452. The lowest BCUT2D eigenvalue weighted by Gasteiger charge is -2.39. The smallest absolute Gasteiger partial charge is 0.327 e. The fourth-order valence-corrected chi connectivity index (χ4v) is 2.71. The molecule has 0 aliphatic carbocycles. The van der Waals surface area contributed by atoms with Crippen LogP contribution in [-0.2, 0) is 25.5 Å². The first-order valence-corrected chi connectivity index (χ1v) is 7.56. The zero-order chi connectivity index (χ0) is 18.0. The molecular weight excluding hydrogens is 312 g/mol. The van der Waals surface area contributed by atoms with Crippen LogP contribution in [0, 0.1) is 5.41 Å². The number of benzene rings is 1. The van der Waals surface area contributed by atoms with Crippen molar-refractivity contribution in [2.45, 2.75) is 32.5 Å². The number of rotatable bonds is 6. The maximum absolute atomic E-state index is 12.6. The van der Waals surface area contributed by atoms with E-state index in [2.05, 4.69) is 6.58 Å². The van der Waals surface area contributed by atoms with Gasteiger partial charge in [-0.2, -0.15) is 0 Å². The third kappa shape index (κ3) is 3.22. The maximum Gasteiger partial charge on any atom is 0.327 e. The summed E-state index contributed by atoms with van der Waals surface area (Å²) in [7, 11) is 3.06. The van der Waals surface area contributed by atoms with E-state index in [1.807, 2.05) is 0 Å². The molecule has 0 amide bonds. The zero-order valence-electron chi connectivity index (χ0n) is 14.4. The third-order valence-corrected chi connectivity index (χ3v) is 3.91. The molecule has 0 spiro atoms. The monoisotopic (exact) mass is 334 g/mol. The van der Waals surface area contributed by atoms with Gasteiger partial charge in [0.15, 0.2) is 16.9 Å². The molecule has 1 aromatic rings. The van der Waals surface area contributed by atoms with Crippen LogP contribution in [-0.4, -0.2) is 31.9 Å². The van der Waals surface area contributed by atoms with Gasteiger partial charge in [0, 0.05) is 13.8 Å². The predicted molar refractivity (Wildman–Crippen MR) is 86.8 cm³/mol. The summed E-state index contributed by atoms with van der Waals surface area (Å²) in [4.78, 5) is 25.2. The van der Waals surface area contributed by atoms with Gasteiger partial charge in [0.25, 0.3) is 5.79 Å². The summed E-state index contributed by atoms with van der Waals surface area (Å²) in [5.74, 6) is -1.41. The molecule has 0 bridgehead atoms. The van der Waals surface area contributed by atoms with Crippen molar-refractivity contribution in [2.24, 2.45) is 5.41 Å². The summed E-state index contributed by atoms with van der Waals surface area (Å²) in [5, 5.41) is 0. The van der Waals surface area contributed by atoms with E-state index in [4.69, 9.17) is 18.9 Å². The molecule has 6 heteroatoms. The molecule has 2 rings (SSSR count). The van der Waals surface area contributed by atoms with Gasteiger partial charge >= 0.3 is 11.9 Å². The van der Waals surface area contributed by atoms with Crippen molar-refractivity contribution in [2.75, 3.05) is 14.2 Å². The molecule has 0 N–H and O–H groups in total. The summed E-state index contributed by atoms with van der Waals surface area (Å²) in [5.41, 5.74) is -0.722. The summed E-state index contributed by atoms with van der Waals surface area (Å²) in [6.07, 6.45) is 1.75. The van der Waals surface area contributed by atoms with Crippen LogP contribution in [0.4, 0.5) is 0 Å². The second kappa shape index (κ2) is 6.55. The molecule has 0 atom stereocenters. The van der Waals surface area contributed by atoms with E-state index in [9.17, 15) is 9.59 Å². The molecule has 24 heavy (non-hydrogen) atoms. The van der Waals surface area contributed by atoms with Gasteiger partial charge < -0.3 is 18.9 Å². The molecule has 0 aromatic heterocycles. The van der Waals surface area contributed by atoms with Crippen LogP contribution in [0.15, 0.2) is 30.9 Å². The molecule has 130 valence electrons. The van der Waals surface area contributed by atoms with Crippen molar-refractivity contribution in [1.29, 1.82) is 0 Å². The molecule has 1 aromatic carbocycles. The molecule has 1 heterocycles. The third-order valence-electron chi connectivity index (χ3n) is 3.91. The molecule has 0 radical (unpaired) electrons. The van der Waals surface area contributed by atoms with Gasteiger partial charge in [-0.3, -0.25) is 9.59 Å². The number of carbonyl (C=O) groups excluding carboxylic acids is 2. The Morgan fingerprint density at radius 2 is 1.67 bits per heavy atom. The number of ether oxygens (including phenoxy) is 4. The van der Waals surface area contributed by atoms with E-state index < -0.39 is 23.1 Å². The van der Waals surface area contributed by atoms with Crippen molar-refractivity contribution < 1.29 is 28.5 Å². The molecule has 1 fully saturated rings. The van der Waals surface area contributed by atoms with Crippen molar-refractivity contribution in [3.63, 3.8) is 0 Å². The average molecular weight is 334 g/mol. The lowest BCUT2D eigenvalue weighted by atomic mass is 9.77. The highest BCUT2D eigenvalue weighted by molar-refractivity contribution is 6.02. The average Bonchev–Trinajstić information content (AvgIpc) is 2.51. The molecule has 1 saturated heterocycles. The first-order valence-electron chi connectivity index (χ1n) is 7.56. The van der Waals surface area contributed by atoms with Crippen molar-refractivity contribution in [3.8, 4) is 11.5 Å². The number of carbonyl (C=O) groups is 2. The molecular formula is C18H22O6. The highest BCUT2D eigenvalue weighted by atomic mass is 16.7. The number of methoxy groups -OCH3 is 2. The zero-order valence-corrected chi connectivity index (χ0v) is 14.4. The first-order chi connectivity index (χ1) is 11.3. The van der Waals surface area contributed by atoms with E-state index >= 15 is 0 Å². The fraction of sp³-hybridized carbons (Fsp3) is 0.444. The summed E-state index contributed by atoms with van der Waals surface area (Å²) < 4.78 is 21.1. The van der Waals surface area contributed by atoms with Gasteiger partial charge in [0.05, 0.1) is 14.2 Å². The van der Waals surface area contributed by atoms with E-state index in [1.54, 1.807) is 18.2 Å². The Hall–Kier alpha value is -2.50. The van der Waals surface area contributed by atoms with E-state index in [0.29, 0.717) is 11.5 Å². The Kier molecular flexibility index (Phi) is 4.87. The minimum Gasteiger partial charge on any atom is -0.493 e. The van der Waals surface area contributed by atoms with Crippen molar-refractivity contribution in [1.82, 2.24) is 0 Å². The summed E-state index contributed by atoms with van der Waals surface area (Å²) >= 11 is 0. The highest BCUT2D eigenvalue weighted by Gasteiger charge is 2.55. The second-order valence-electron chi connectivity index (χ2n) is 6.12. The molecule has 1 aliphatic heterocycles. The van der Waals surface area contributed by atoms with Gasteiger partial charge in [-0.25, -0.2) is 0 Å². The van der Waals surface area contributed by atoms with Crippen LogP contribution in [0.1, 0.15) is 25.8 Å². The van der Waals surface area contributed by atoms with Crippen LogP contribution in [0.2, 0.25) is 0 Å². The Bertz CT molecular complexity index is 641. The Labute approximate surface area is 141 Å². The van der Waals surface area contributed by atoms with Crippen LogP contribution in [0.25, 0.3) is 0 Å². The van der Waals surface area contributed by atoms with Gasteiger partial charge in [-0.15, -0.1) is 6.58 Å². The van der Waals surface area contributed by atoms with Gasteiger partial charge in [-0.05, 0) is 30.5 Å². The standard InChI is InChI=1S/C18H22O6/c1-6-9-18(15(19)23-17(2,3)24-16(18)20)11-12-7-8-13(21-4)14(10-12)22-5/h6-8,10H,1,9,11H2,2-5H3. The first kappa shape index (κ1) is 17.8. The van der Waals surface area contributed by atoms with Gasteiger partial charge in [0.1, 0.15) is 0 Å². The van der Waals surface area contributed by atoms with Crippen LogP contribution in [0.5, 0.6) is 11.5 Å². The van der Waals surface area contributed by atoms with Crippen LogP contribution < -0.4 is 9.47 Å². The number of esters is 2. The Balaban J connectivity index is 2.40. The fourth-order valence-electron chi connectivity index (χ4n) is 2.71. The Morgan fingerprint density at radius 1 is 1.08 bits per heavy atom.